The number of aryl methyl sites for hydroxylation is 1. The van der Waals surface area contributed by atoms with Crippen molar-refractivity contribution in [2.24, 2.45) is 0 Å². The lowest BCUT2D eigenvalue weighted by atomic mass is 10.2. The highest BCUT2D eigenvalue weighted by Gasteiger charge is 2.22. The van der Waals surface area contributed by atoms with Crippen LogP contribution in [0.4, 0.5) is 0 Å². The van der Waals surface area contributed by atoms with Crippen molar-refractivity contribution >= 4 is 22.1 Å². The molecule has 0 heterocycles. The fraction of sp³-hybridized carbons (Fsp3) is 0.250. The summed E-state index contributed by atoms with van der Waals surface area (Å²) in [6.07, 6.45) is 2.77. The van der Waals surface area contributed by atoms with Crippen LogP contribution in [0.25, 0.3) is 6.08 Å². The average molecular weight is 389 g/mol. The summed E-state index contributed by atoms with van der Waals surface area (Å²) in [4.78, 5) is 11.9. The maximum absolute atomic E-state index is 12.4. The van der Waals surface area contributed by atoms with Gasteiger partial charge in [0.05, 0.1) is 7.11 Å². The van der Waals surface area contributed by atoms with E-state index in [2.05, 4.69) is 0 Å². The Kier molecular flexibility index (Phi) is 6.76. The zero-order chi connectivity index (χ0) is 20.0. The van der Waals surface area contributed by atoms with Gasteiger partial charge in [-0.25, -0.2) is 17.5 Å². The Hall–Kier alpha value is -2.64. The van der Waals surface area contributed by atoms with Gasteiger partial charge in [-0.15, -0.1) is 0 Å². The standard InChI is InChI=1S/C20H23NO5S/c1-15-5-7-17(8-6-15)14-26-20(22)12-10-16-9-11-18(25-4)19(13-16)27(23,24)21(2)3/h5-13H,14H2,1-4H3/b12-10+. The molecule has 2 aromatic rings. The van der Waals surface area contributed by atoms with Crippen molar-refractivity contribution in [2.75, 3.05) is 21.2 Å². The van der Waals surface area contributed by atoms with Crippen molar-refractivity contribution in [3.8, 4) is 5.75 Å². The van der Waals surface area contributed by atoms with E-state index in [1.165, 1.54) is 39.4 Å². The van der Waals surface area contributed by atoms with Crippen LogP contribution in [0, 0.1) is 6.92 Å². The molecule has 0 aliphatic rings. The molecule has 0 spiro atoms. The SMILES string of the molecule is COc1ccc(/C=C/C(=O)OCc2ccc(C)cc2)cc1S(=O)(=O)N(C)C. The van der Waals surface area contributed by atoms with E-state index < -0.39 is 16.0 Å². The van der Waals surface area contributed by atoms with Crippen LogP contribution < -0.4 is 4.74 Å². The smallest absolute Gasteiger partial charge is 0.331 e. The molecule has 0 aliphatic carbocycles. The van der Waals surface area contributed by atoms with E-state index in [0.717, 1.165) is 15.4 Å². The number of carbonyl (C=O) groups is 1. The minimum absolute atomic E-state index is 0.0326. The highest BCUT2D eigenvalue weighted by molar-refractivity contribution is 7.89. The predicted molar refractivity (Wildman–Crippen MR) is 104 cm³/mol. The number of hydrogen-bond donors (Lipinski definition) is 0. The molecule has 0 aliphatic heterocycles. The van der Waals surface area contributed by atoms with Gasteiger partial charge in [0, 0.05) is 20.2 Å². The highest BCUT2D eigenvalue weighted by Crippen LogP contribution is 2.27. The topological polar surface area (TPSA) is 72.9 Å². The van der Waals surface area contributed by atoms with E-state index in [4.69, 9.17) is 9.47 Å². The molecule has 7 heteroatoms. The molecule has 0 saturated heterocycles. The first-order valence-corrected chi connectivity index (χ1v) is 9.69. The number of nitrogens with zero attached hydrogens (tertiary/aromatic N) is 1. The summed E-state index contributed by atoms with van der Waals surface area (Å²) in [5.41, 5.74) is 2.57. The van der Waals surface area contributed by atoms with Gasteiger partial charge in [-0.2, -0.15) is 0 Å². The maximum Gasteiger partial charge on any atom is 0.331 e. The monoisotopic (exact) mass is 389 g/mol. The molecule has 0 amide bonds. The lowest BCUT2D eigenvalue weighted by Crippen LogP contribution is -2.22. The van der Waals surface area contributed by atoms with Gasteiger partial charge in [-0.1, -0.05) is 35.9 Å². The van der Waals surface area contributed by atoms with Crippen LogP contribution in [0.1, 0.15) is 16.7 Å². The molecule has 0 saturated carbocycles. The molecular weight excluding hydrogens is 366 g/mol. The molecule has 0 fully saturated rings. The van der Waals surface area contributed by atoms with Gasteiger partial charge in [0.2, 0.25) is 10.0 Å². The van der Waals surface area contributed by atoms with Crippen LogP contribution in [-0.4, -0.2) is 39.9 Å². The minimum Gasteiger partial charge on any atom is -0.495 e. The molecule has 0 unspecified atom stereocenters. The number of sulfonamides is 1. The first-order chi connectivity index (χ1) is 12.7. The Bertz CT molecular complexity index is 931. The van der Waals surface area contributed by atoms with Crippen LogP contribution in [-0.2, 0) is 26.2 Å². The third kappa shape index (κ3) is 5.42. The third-order valence-electron chi connectivity index (χ3n) is 3.86. The summed E-state index contributed by atoms with van der Waals surface area (Å²) < 4.78 is 36.3. The highest BCUT2D eigenvalue weighted by atomic mass is 32.2. The number of rotatable bonds is 7. The molecule has 0 atom stereocenters. The van der Waals surface area contributed by atoms with Crippen molar-refractivity contribution in [3.05, 3.63) is 65.2 Å². The van der Waals surface area contributed by atoms with Gasteiger partial charge < -0.3 is 9.47 Å². The van der Waals surface area contributed by atoms with E-state index in [1.54, 1.807) is 12.1 Å². The van der Waals surface area contributed by atoms with Gasteiger partial charge in [-0.05, 0) is 36.3 Å². The van der Waals surface area contributed by atoms with E-state index in [-0.39, 0.29) is 17.3 Å². The summed E-state index contributed by atoms with van der Waals surface area (Å²) in [6, 6.07) is 12.4. The number of methoxy groups -OCH3 is 1. The summed E-state index contributed by atoms with van der Waals surface area (Å²) in [6.45, 7) is 2.16. The molecule has 144 valence electrons. The van der Waals surface area contributed by atoms with E-state index in [9.17, 15) is 13.2 Å². The fourth-order valence-electron chi connectivity index (χ4n) is 2.25. The summed E-state index contributed by atoms with van der Waals surface area (Å²) in [7, 11) is 0.621. The number of esters is 1. The quantitative estimate of drug-likeness (QED) is 0.538. The van der Waals surface area contributed by atoms with E-state index in [0.29, 0.717) is 5.56 Å². The lowest BCUT2D eigenvalue weighted by molar-refractivity contribution is -0.138. The predicted octanol–water partition coefficient (Wildman–Crippen LogP) is 3.01. The zero-order valence-corrected chi connectivity index (χ0v) is 16.6. The molecule has 6 nitrogen and oxygen atoms in total. The summed E-state index contributed by atoms with van der Waals surface area (Å²) in [5.74, 6) is -0.272. The zero-order valence-electron chi connectivity index (χ0n) is 15.8. The Morgan fingerprint density at radius 2 is 1.78 bits per heavy atom. The molecule has 27 heavy (non-hydrogen) atoms. The Morgan fingerprint density at radius 3 is 2.37 bits per heavy atom. The first-order valence-electron chi connectivity index (χ1n) is 8.25. The van der Waals surface area contributed by atoms with Crippen LogP contribution in [0.5, 0.6) is 5.75 Å². The van der Waals surface area contributed by atoms with Crippen LogP contribution in [0.15, 0.2) is 53.4 Å². The number of benzene rings is 2. The summed E-state index contributed by atoms with van der Waals surface area (Å²) in [5, 5.41) is 0. The number of ether oxygens (including phenoxy) is 2. The van der Waals surface area contributed by atoms with Crippen LogP contribution in [0.2, 0.25) is 0 Å². The maximum atomic E-state index is 12.4. The molecule has 0 bridgehead atoms. The second-order valence-electron chi connectivity index (χ2n) is 6.12. The van der Waals surface area contributed by atoms with Crippen molar-refractivity contribution in [1.82, 2.24) is 4.31 Å². The molecular formula is C20H23NO5S. The van der Waals surface area contributed by atoms with Crippen molar-refractivity contribution in [1.29, 1.82) is 0 Å². The van der Waals surface area contributed by atoms with Gasteiger partial charge >= 0.3 is 5.97 Å². The van der Waals surface area contributed by atoms with Gasteiger partial charge in [0.25, 0.3) is 0 Å². The largest absolute Gasteiger partial charge is 0.495 e. The molecule has 0 radical (unpaired) electrons. The van der Waals surface area contributed by atoms with Crippen molar-refractivity contribution in [2.45, 2.75) is 18.4 Å². The van der Waals surface area contributed by atoms with E-state index in [1.807, 2.05) is 31.2 Å². The fourth-order valence-corrected chi connectivity index (χ4v) is 3.33. The average Bonchev–Trinajstić information content (AvgIpc) is 2.65. The van der Waals surface area contributed by atoms with Crippen LogP contribution in [0.3, 0.4) is 0 Å². The molecule has 2 rings (SSSR count). The molecule has 2 aromatic carbocycles. The van der Waals surface area contributed by atoms with Gasteiger partial charge in [-0.3, -0.25) is 0 Å². The normalized spacial score (nSPS) is 11.7. The molecule has 0 aromatic heterocycles. The van der Waals surface area contributed by atoms with Crippen molar-refractivity contribution in [3.63, 3.8) is 0 Å². The number of carbonyl (C=O) groups excluding carboxylic acids is 1. The minimum atomic E-state index is -3.67. The van der Waals surface area contributed by atoms with Crippen LogP contribution >= 0.6 is 0 Å². The Labute approximate surface area is 160 Å². The summed E-state index contributed by atoms with van der Waals surface area (Å²) >= 11 is 0. The Morgan fingerprint density at radius 1 is 1.11 bits per heavy atom. The molecule has 0 N–H and O–H groups in total. The second kappa shape index (κ2) is 8.83. The lowest BCUT2D eigenvalue weighted by Gasteiger charge is -2.14. The van der Waals surface area contributed by atoms with Crippen molar-refractivity contribution < 1.29 is 22.7 Å². The number of hydrogen-bond acceptors (Lipinski definition) is 5. The van der Waals surface area contributed by atoms with E-state index >= 15 is 0 Å². The second-order valence-corrected chi connectivity index (χ2v) is 8.24. The first kappa shape index (κ1) is 20.7. The third-order valence-corrected chi connectivity index (χ3v) is 5.70. The van der Waals surface area contributed by atoms with Gasteiger partial charge in [0.15, 0.2) is 0 Å². The van der Waals surface area contributed by atoms with Gasteiger partial charge in [0.1, 0.15) is 17.3 Å². The Balaban J connectivity index is 2.12.